The molecule has 1 aromatic rings. The van der Waals surface area contributed by atoms with Crippen LogP contribution in [0.5, 0.6) is 5.75 Å². The Kier molecular flexibility index (Phi) is 7.00. The van der Waals surface area contributed by atoms with E-state index >= 15 is 0 Å². The third-order valence-electron chi connectivity index (χ3n) is 4.13. The van der Waals surface area contributed by atoms with Crippen molar-refractivity contribution in [2.75, 3.05) is 40.5 Å². The molecule has 0 aliphatic carbocycles. The first-order valence-electron chi connectivity index (χ1n) is 7.90. The number of methoxy groups -OCH3 is 2. The number of likely N-dealkylation sites (tertiary alicyclic amines) is 1. The molecule has 1 aromatic carbocycles. The number of ether oxygens (including phenoxy) is 2. The second-order valence-corrected chi connectivity index (χ2v) is 5.67. The van der Waals surface area contributed by atoms with Crippen LogP contribution in [-0.2, 0) is 11.3 Å². The van der Waals surface area contributed by atoms with Gasteiger partial charge in [0, 0.05) is 32.8 Å². The normalized spacial score (nSPS) is 19.6. The van der Waals surface area contributed by atoms with E-state index in [1.165, 1.54) is 31.4 Å². The lowest BCUT2D eigenvalue weighted by Crippen LogP contribution is -2.45. The Bertz CT molecular complexity index is 412. The predicted molar refractivity (Wildman–Crippen MR) is 85.8 cm³/mol. The predicted octanol–water partition coefficient (Wildman–Crippen LogP) is 2.29. The molecule has 4 heteroatoms. The van der Waals surface area contributed by atoms with E-state index in [4.69, 9.17) is 9.47 Å². The van der Waals surface area contributed by atoms with Crippen molar-refractivity contribution in [2.45, 2.75) is 31.8 Å². The Hall–Kier alpha value is -1.10. The van der Waals surface area contributed by atoms with Crippen LogP contribution in [-0.4, -0.2) is 51.4 Å². The van der Waals surface area contributed by atoms with Gasteiger partial charge < -0.3 is 14.8 Å². The van der Waals surface area contributed by atoms with Crippen molar-refractivity contribution in [2.24, 2.45) is 0 Å². The Morgan fingerprint density at radius 1 is 1.29 bits per heavy atom. The highest BCUT2D eigenvalue weighted by molar-refractivity contribution is 5.28. The van der Waals surface area contributed by atoms with Gasteiger partial charge in [-0.25, -0.2) is 0 Å². The molecule has 0 radical (unpaired) electrons. The van der Waals surface area contributed by atoms with Crippen LogP contribution in [0.2, 0.25) is 0 Å². The molecule has 0 spiro atoms. The second kappa shape index (κ2) is 9.03. The van der Waals surface area contributed by atoms with Gasteiger partial charge in [-0.05, 0) is 37.1 Å². The van der Waals surface area contributed by atoms with E-state index in [0.29, 0.717) is 6.04 Å². The van der Waals surface area contributed by atoms with Crippen LogP contribution in [0.15, 0.2) is 24.3 Å². The van der Waals surface area contributed by atoms with Gasteiger partial charge in [-0.1, -0.05) is 18.6 Å². The maximum atomic E-state index is 5.32. The molecule has 1 unspecified atom stereocenters. The number of piperidine rings is 1. The molecule has 4 nitrogen and oxygen atoms in total. The Balaban J connectivity index is 1.88. The SMILES string of the molecule is COCCNCC1CCCCN1Cc1cccc(OC)c1. The van der Waals surface area contributed by atoms with Crippen molar-refractivity contribution in [1.29, 1.82) is 0 Å². The Labute approximate surface area is 128 Å². The van der Waals surface area contributed by atoms with Gasteiger partial charge in [-0.15, -0.1) is 0 Å². The molecule has 21 heavy (non-hydrogen) atoms. The molecule has 1 atom stereocenters. The maximum absolute atomic E-state index is 5.32. The summed E-state index contributed by atoms with van der Waals surface area (Å²) in [6.07, 6.45) is 3.92. The average molecular weight is 292 g/mol. The summed E-state index contributed by atoms with van der Waals surface area (Å²) in [5.41, 5.74) is 1.33. The largest absolute Gasteiger partial charge is 0.497 e. The smallest absolute Gasteiger partial charge is 0.119 e. The van der Waals surface area contributed by atoms with Crippen LogP contribution in [0.25, 0.3) is 0 Å². The fraction of sp³-hybridized carbons (Fsp3) is 0.647. The molecule has 2 rings (SSSR count). The third kappa shape index (κ3) is 5.30. The fourth-order valence-corrected chi connectivity index (χ4v) is 2.95. The number of nitrogens with zero attached hydrogens (tertiary/aromatic N) is 1. The highest BCUT2D eigenvalue weighted by atomic mass is 16.5. The summed E-state index contributed by atoms with van der Waals surface area (Å²) in [7, 11) is 3.47. The molecule has 1 N–H and O–H groups in total. The van der Waals surface area contributed by atoms with E-state index in [9.17, 15) is 0 Å². The average Bonchev–Trinajstić information content (AvgIpc) is 2.53. The quantitative estimate of drug-likeness (QED) is 0.745. The highest BCUT2D eigenvalue weighted by Gasteiger charge is 2.22. The maximum Gasteiger partial charge on any atom is 0.119 e. The van der Waals surface area contributed by atoms with Crippen molar-refractivity contribution in [3.63, 3.8) is 0 Å². The zero-order valence-electron chi connectivity index (χ0n) is 13.3. The molecule has 0 aromatic heterocycles. The molecule has 1 aliphatic heterocycles. The van der Waals surface area contributed by atoms with Gasteiger partial charge in [0.25, 0.3) is 0 Å². The van der Waals surface area contributed by atoms with E-state index in [-0.39, 0.29) is 0 Å². The van der Waals surface area contributed by atoms with Gasteiger partial charge in [0.2, 0.25) is 0 Å². The topological polar surface area (TPSA) is 33.7 Å². The number of benzene rings is 1. The summed E-state index contributed by atoms with van der Waals surface area (Å²) in [6, 6.07) is 9.03. The lowest BCUT2D eigenvalue weighted by atomic mass is 10.0. The van der Waals surface area contributed by atoms with Crippen molar-refractivity contribution < 1.29 is 9.47 Å². The monoisotopic (exact) mass is 292 g/mol. The van der Waals surface area contributed by atoms with Crippen molar-refractivity contribution >= 4 is 0 Å². The molecule has 0 amide bonds. The third-order valence-corrected chi connectivity index (χ3v) is 4.13. The van der Waals surface area contributed by atoms with Gasteiger partial charge in [-0.3, -0.25) is 4.90 Å². The first-order valence-corrected chi connectivity index (χ1v) is 7.90. The van der Waals surface area contributed by atoms with E-state index in [0.717, 1.165) is 32.0 Å². The summed E-state index contributed by atoms with van der Waals surface area (Å²) >= 11 is 0. The molecule has 1 heterocycles. The second-order valence-electron chi connectivity index (χ2n) is 5.67. The highest BCUT2D eigenvalue weighted by Crippen LogP contribution is 2.21. The van der Waals surface area contributed by atoms with Crippen molar-refractivity contribution in [3.05, 3.63) is 29.8 Å². The molecular formula is C17H28N2O2. The van der Waals surface area contributed by atoms with Crippen LogP contribution < -0.4 is 10.1 Å². The number of hydrogen-bond donors (Lipinski definition) is 1. The first-order chi connectivity index (χ1) is 10.3. The molecule has 1 saturated heterocycles. The van der Waals surface area contributed by atoms with Crippen molar-refractivity contribution in [1.82, 2.24) is 10.2 Å². The molecule has 1 aliphatic rings. The molecule has 0 saturated carbocycles. The lowest BCUT2D eigenvalue weighted by Gasteiger charge is -2.36. The first kappa shape index (κ1) is 16.3. The van der Waals surface area contributed by atoms with E-state index in [1.807, 2.05) is 6.07 Å². The number of rotatable bonds is 8. The summed E-state index contributed by atoms with van der Waals surface area (Å²) in [4.78, 5) is 2.60. The van der Waals surface area contributed by atoms with E-state index in [1.54, 1.807) is 14.2 Å². The van der Waals surface area contributed by atoms with Crippen LogP contribution >= 0.6 is 0 Å². The Morgan fingerprint density at radius 2 is 2.19 bits per heavy atom. The van der Waals surface area contributed by atoms with Gasteiger partial charge >= 0.3 is 0 Å². The number of nitrogens with one attached hydrogen (secondary N) is 1. The Morgan fingerprint density at radius 3 is 3.00 bits per heavy atom. The van der Waals surface area contributed by atoms with Crippen LogP contribution in [0.3, 0.4) is 0 Å². The number of hydrogen-bond acceptors (Lipinski definition) is 4. The summed E-state index contributed by atoms with van der Waals surface area (Å²) in [5, 5.41) is 3.50. The zero-order valence-corrected chi connectivity index (χ0v) is 13.3. The molecular weight excluding hydrogens is 264 g/mol. The van der Waals surface area contributed by atoms with E-state index in [2.05, 4.69) is 28.4 Å². The minimum absolute atomic E-state index is 0.627. The minimum Gasteiger partial charge on any atom is -0.497 e. The standard InChI is InChI=1S/C17H28N2O2/c1-20-11-9-18-13-16-7-3-4-10-19(16)14-15-6-5-8-17(12-15)21-2/h5-6,8,12,16,18H,3-4,7,9-11,13-14H2,1-2H3. The molecule has 1 fully saturated rings. The lowest BCUT2D eigenvalue weighted by molar-refractivity contribution is 0.133. The van der Waals surface area contributed by atoms with Crippen molar-refractivity contribution in [3.8, 4) is 5.75 Å². The molecule has 0 bridgehead atoms. The summed E-state index contributed by atoms with van der Waals surface area (Å²) in [6.45, 7) is 4.96. The minimum atomic E-state index is 0.627. The van der Waals surface area contributed by atoms with Gasteiger partial charge in [0.1, 0.15) is 5.75 Å². The van der Waals surface area contributed by atoms with Gasteiger partial charge in [-0.2, -0.15) is 0 Å². The molecule has 118 valence electrons. The van der Waals surface area contributed by atoms with E-state index < -0.39 is 0 Å². The summed E-state index contributed by atoms with van der Waals surface area (Å²) < 4.78 is 10.4. The zero-order chi connectivity index (χ0) is 14.9. The van der Waals surface area contributed by atoms with Gasteiger partial charge in [0.15, 0.2) is 0 Å². The van der Waals surface area contributed by atoms with Crippen LogP contribution in [0, 0.1) is 0 Å². The van der Waals surface area contributed by atoms with Crippen LogP contribution in [0.4, 0.5) is 0 Å². The van der Waals surface area contributed by atoms with Crippen LogP contribution in [0.1, 0.15) is 24.8 Å². The fourth-order valence-electron chi connectivity index (χ4n) is 2.95. The van der Waals surface area contributed by atoms with Gasteiger partial charge in [0.05, 0.1) is 13.7 Å². The summed E-state index contributed by atoms with van der Waals surface area (Å²) in [5.74, 6) is 0.944.